The van der Waals surface area contributed by atoms with Gasteiger partial charge in [0.25, 0.3) is 0 Å². The van der Waals surface area contributed by atoms with Gasteiger partial charge in [-0.15, -0.1) is 0 Å². The first kappa shape index (κ1) is 12.1. The topological polar surface area (TPSA) is 84.1 Å². The van der Waals surface area contributed by atoms with Crippen LogP contribution in [0.3, 0.4) is 0 Å². The summed E-state index contributed by atoms with van der Waals surface area (Å²) in [5.41, 5.74) is 5.67. The van der Waals surface area contributed by atoms with Crippen molar-refractivity contribution in [3.8, 4) is 0 Å². The minimum absolute atomic E-state index is 0.289. The Morgan fingerprint density at radius 2 is 2.18 bits per heavy atom. The number of nitrogens with zero attached hydrogens (tertiary/aromatic N) is 2. The summed E-state index contributed by atoms with van der Waals surface area (Å²) in [5.74, 6) is 2.92. The van der Waals surface area contributed by atoms with E-state index in [-0.39, 0.29) is 6.61 Å². The van der Waals surface area contributed by atoms with Crippen LogP contribution in [0.4, 0.5) is 11.6 Å². The fourth-order valence-corrected chi connectivity index (χ4v) is 2.54. The van der Waals surface area contributed by atoms with Crippen molar-refractivity contribution >= 4 is 11.6 Å². The molecule has 94 valence electrons. The molecule has 1 saturated carbocycles. The summed E-state index contributed by atoms with van der Waals surface area (Å²) in [6.45, 7) is 2.96. The third kappa shape index (κ3) is 3.06. The molecule has 5 nitrogen and oxygen atoms in total. The molecule has 1 fully saturated rings. The first-order chi connectivity index (χ1) is 8.19. The molecule has 4 N–H and O–H groups in total. The van der Waals surface area contributed by atoms with Crippen LogP contribution in [0.25, 0.3) is 0 Å². The van der Waals surface area contributed by atoms with E-state index in [1.165, 1.54) is 12.8 Å². The van der Waals surface area contributed by atoms with Crippen molar-refractivity contribution in [1.29, 1.82) is 0 Å². The van der Waals surface area contributed by atoms with Gasteiger partial charge in [0.2, 0.25) is 0 Å². The lowest BCUT2D eigenvalue weighted by molar-refractivity contribution is 0.199. The summed E-state index contributed by atoms with van der Waals surface area (Å²) in [7, 11) is 0. The van der Waals surface area contributed by atoms with Crippen LogP contribution in [-0.2, 0) is 0 Å². The maximum absolute atomic E-state index is 9.25. The van der Waals surface area contributed by atoms with Gasteiger partial charge >= 0.3 is 0 Å². The van der Waals surface area contributed by atoms with Gasteiger partial charge in [0.15, 0.2) is 0 Å². The fourth-order valence-electron chi connectivity index (χ4n) is 2.54. The lowest BCUT2D eigenvalue weighted by atomic mass is 9.97. The first-order valence-corrected chi connectivity index (χ1v) is 6.15. The number of anilines is 2. The summed E-state index contributed by atoms with van der Waals surface area (Å²) in [5, 5.41) is 12.5. The maximum Gasteiger partial charge on any atom is 0.131 e. The maximum atomic E-state index is 9.25. The molecule has 0 amide bonds. The lowest BCUT2D eigenvalue weighted by Gasteiger charge is -2.18. The zero-order valence-corrected chi connectivity index (χ0v) is 10.2. The molecular formula is C12H20N4O. The smallest absolute Gasteiger partial charge is 0.131 e. The third-order valence-electron chi connectivity index (χ3n) is 3.45. The van der Waals surface area contributed by atoms with Crippen molar-refractivity contribution in [3.63, 3.8) is 0 Å². The first-order valence-electron chi connectivity index (χ1n) is 6.15. The van der Waals surface area contributed by atoms with E-state index < -0.39 is 0 Å². The van der Waals surface area contributed by atoms with Crippen molar-refractivity contribution in [2.24, 2.45) is 11.8 Å². The van der Waals surface area contributed by atoms with Crippen molar-refractivity contribution in [1.82, 2.24) is 9.97 Å². The highest BCUT2D eigenvalue weighted by molar-refractivity contribution is 5.44. The molecule has 2 rings (SSSR count). The van der Waals surface area contributed by atoms with Crippen LogP contribution in [0.5, 0.6) is 0 Å². The Labute approximate surface area is 101 Å². The van der Waals surface area contributed by atoms with Crippen molar-refractivity contribution in [2.45, 2.75) is 26.2 Å². The fraction of sp³-hybridized carbons (Fsp3) is 0.667. The molecule has 0 spiro atoms. The van der Waals surface area contributed by atoms with E-state index in [2.05, 4.69) is 15.3 Å². The minimum Gasteiger partial charge on any atom is -0.396 e. The molecule has 5 heteroatoms. The molecule has 0 bridgehead atoms. The van der Waals surface area contributed by atoms with Gasteiger partial charge in [-0.2, -0.15) is 0 Å². The van der Waals surface area contributed by atoms with E-state index in [1.54, 1.807) is 6.07 Å². The summed E-state index contributed by atoms with van der Waals surface area (Å²) < 4.78 is 0. The van der Waals surface area contributed by atoms with Crippen LogP contribution in [0.15, 0.2) is 6.07 Å². The predicted octanol–water partition coefficient (Wildman–Crippen LogP) is 1.19. The Hall–Kier alpha value is -1.36. The van der Waals surface area contributed by atoms with Gasteiger partial charge in [0.1, 0.15) is 17.5 Å². The normalized spacial score (nSPS) is 23.9. The molecule has 1 aliphatic carbocycles. The molecular weight excluding hydrogens is 216 g/mol. The van der Waals surface area contributed by atoms with Crippen molar-refractivity contribution in [2.75, 3.05) is 24.2 Å². The van der Waals surface area contributed by atoms with E-state index in [0.29, 0.717) is 23.5 Å². The molecule has 0 aliphatic heterocycles. The van der Waals surface area contributed by atoms with Crippen LogP contribution >= 0.6 is 0 Å². The molecule has 0 radical (unpaired) electrons. The summed E-state index contributed by atoms with van der Waals surface area (Å²) >= 11 is 0. The number of nitrogens with two attached hydrogens (primary N) is 1. The number of hydrogen-bond acceptors (Lipinski definition) is 5. The van der Waals surface area contributed by atoms with E-state index in [4.69, 9.17) is 5.73 Å². The quantitative estimate of drug-likeness (QED) is 0.731. The van der Waals surface area contributed by atoms with Crippen molar-refractivity contribution in [3.05, 3.63) is 11.9 Å². The second kappa shape index (κ2) is 5.31. The molecule has 0 saturated heterocycles. The number of aryl methyl sites for hydroxylation is 1. The van der Waals surface area contributed by atoms with Crippen LogP contribution in [0.1, 0.15) is 25.1 Å². The van der Waals surface area contributed by atoms with Crippen LogP contribution < -0.4 is 11.1 Å². The van der Waals surface area contributed by atoms with Crippen molar-refractivity contribution < 1.29 is 5.11 Å². The largest absolute Gasteiger partial charge is 0.396 e. The molecule has 2 unspecified atom stereocenters. The summed E-state index contributed by atoms with van der Waals surface area (Å²) in [6.07, 6.45) is 3.52. The zero-order chi connectivity index (χ0) is 12.3. The van der Waals surface area contributed by atoms with Gasteiger partial charge in [-0.05, 0) is 31.6 Å². The molecule has 1 aliphatic rings. The number of aromatic nitrogens is 2. The predicted molar refractivity (Wildman–Crippen MR) is 67.6 cm³/mol. The monoisotopic (exact) mass is 236 g/mol. The highest BCUT2D eigenvalue weighted by Gasteiger charge is 2.26. The van der Waals surface area contributed by atoms with Gasteiger partial charge in [-0.3, -0.25) is 0 Å². The molecule has 0 aromatic carbocycles. The Balaban J connectivity index is 1.93. The number of hydrogen-bond donors (Lipinski definition) is 3. The molecule has 1 heterocycles. The average Bonchev–Trinajstić information content (AvgIpc) is 2.72. The van der Waals surface area contributed by atoms with Gasteiger partial charge < -0.3 is 16.2 Å². The number of nitrogen functional groups attached to an aromatic ring is 1. The molecule has 2 atom stereocenters. The Morgan fingerprint density at radius 3 is 2.88 bits per heavy atom. The summed E-state index contributed by atoms with van der Waals surface area (Å²) in [6, 6.07) is 1.75. The number of rotatable bonds is 4. The Morgan fingerprint density at radius 1 is 1.41 bits per heavy atom. The zero-order valence-electron chi connectivity index (χ0n) is 10.2. The van der Waals surface area contributed by atoms with Gasteiger partial charge in [-0.1, -0.05) is 6.42 Å². The van der Waals surface area contributed by atoms with E-state index in [9.17, 15) is 5.11 Å². The third-order valence-corrected chi connectivity index (χ3v) is 3.45. The van der Waals surface area contributed by atoms with E-state index in [0.717, 1.165) is 18.8 Å². The second-order valence-corrected chi connectivity index (χ2v) is 4.74. The van der Waals surface area contributed by atoms with Gasteiger partial charge in [0, 0.05) is 19.2 Å². The Bertz CT molecular complexity index is 363. The standard InChI is InChI=1S/C12H20N4O/c1-8-15-11(13)5-12(16-8)14-6-9-3-2-4-10(9)7-17/h5,9-10,17H,2-4,6-7H2,1H3,(H3,13,14,15,16). The summed E-state index contributed by atoms with van der Waals surface area (Å²) in [4.78, 5) is 8.31. The van der Waals surface area contributed by atoms with Gasteiger partial charge in [0.05, 0.1) is 0 Å². The SMILES string of the molecule is Cc1nc(N)cc(NCC2CCCC2CO)n1. The number of aliphatic hydroxyl groups is 1. The highest BCUT2D eigenvalue weighted by Crippen LogP contribution is 2.31. The van der Waals surface area contributed by atoms with E-state index in [1.807, 2.05) is 6.92 Å². The lowest BCUT2D eigenvalue weighted by Crippen LogP contribution is -2.21. The Kier molecular flexibility index (Phi) is 3.78. The highest BCUT2D eigenvalue weighted by atomic mass is 16.3. The second-order valence-electron chi connectivity index (χ2n) is 4.74. The van der Waals surface area contributed by atoms with Gasteiger partial charge in [-0.25, -0.2) is 9.97 Å². The average molecular weight is 236 g/mol. The molecule has 1 aromatic heterocycles. The van der Waals surface area contributed by atoms with Crippen LogP contribution in [-0.4, -0.2) is 28.2 Å². The van der Waals surface area contributed by atoms with Crippen LogP contribution in [0, 0.1) is 18.8 Å². The van der Waals surface area contributed by atoms with E-state index >= 15 is 0 Å². The molecule has 17 heavy (non-hydrogen) atoms. The van der Waals surface area contributed by atoms with Crippen LogP contribution in [0.2, 0.25) is 0 Å². The number of aliphatic hydroxyl groups excluding tert-OH is 1. The minimum atomic E-state index is 0.289. The number of nitrogens with one attached hydrogen (secondary N) is 1. The molecule has 1 aromatic rings.